The van der Waals surface area contributed by atoms with Gasteiger partial charge in [0.25, 0.3) is 0 Å². The lowest BCUT2D eigenvalue weighted by Crippen LogP contribution is -2.54. The zero-order chi connectivity index (χ0) is 22.6. The largest absolute Gasteiger partial charge is 0.481 e. The van der Waals surface area contributed by atoms with Crippen LogP contribution in [0.5, 0.6) is 0 Å². The molecule has 1 N–H and O–H groups in total. The molecule has 0 aliphatic heterocycles. The second-order valence-corrected chi connectivity index (χ2v) is 9.26. The molecule has 3 rings (SSSR count). The average molecular weight is 433 g/mol. The molecule has 0 spiro atoms. The van der Waals surface area contributed by atoms with E-state index < -0.39 is 23.8 Å². The van der Waals surface area contributed by atoms with Crippen LogP contribution < -0.4 is 0 Å². The van der Waals surface area contributed by atoms with Gasteiger partial charge in [-0.3, -0.25) is 14.4 Å². The number of aliphatic carboxylic acids is 1. The zero-order valence-electron chi connectivity index (χ0n) is 18.5. The monoisotopic (exact) mass is 432 g/mol. The first kappa shape index (κ1) is 23.1. The molecule has 1 aromatic rings. The number of furan rings is 1. The smallest absolute Gasteiger partial charge is 0.322 e. The van der Waals surface area contributed by atoms with E-state index in [0.717, 1.165) is 44.1 Å². The van der Waals surface area contributed by atoms with Crippen molar-refractivity contribution in [1.82, 2.24) is 0 Å². The Morgan fingerprint density at radius 3 is 2.71 bits per heavy atom. The van der Waals surface area contributed by atoms with Crippen molar-refractivity contribution in [2.45, 2.75) is 65.7 Å². The SMILES string of the molecule is CC(=O)OCC12CCC(C)C(C)(CCc3ccoc3)C1CCC=C2OC(=O)CC(=O)O. The summed E-state index contributed by atoms with van der Waals surface area (Å²) in [5.41, 5.74) is 0.438. The van der Waals surface area contributed by atoms with Crippen molar-refractivity contribution in [3.05, 3.63) is 36.0 Å². The lowest BCUT2D eigenvalue weighted by Gasteiger charge is -2.58. The number of aryl methyl sites for hydroxylation is 1. The van der Waals surface area contributed by atoms with Gasteiger partial charge in [-0.1, -0.05) is 13.8 Å². The van der Waals surface area contributed by atoms with Gasteiger partial charge in [-0.15, -0.1) is 0 Å². The lowest BCUT2D eigenvalue weighted by molar-refractivity contribution is -0.161. The van der Waals surface area contributed by atoms with Crippen molar-refractivity contribution in [3.63, 3.8) is 0 Å². The topological polar surface area (TPSA) is 103 Å². The van der Waals surface area contributed by atoms with Gasteiger partial charge in [0.05, 0.1) is 17.9 Å². The predicted octanol–water partition coefficient (Wildman–Crippen LogP) is 4.51. The molecule has 0 aromatic carbocycles. The van der Waals surface area contributed by atoms with Gasteiger partial charge >= 0.3 is 17.9 Å². The van der Waals surface area contributed by atoms with Crippen molar-refractivity contribution < 1.29 is 33.4 Å². The number of ether oxygens (including phenoxy) is 2. The van der Waals surface area contributed by atoms with Crippen LogP contribution in [0.2, 0.25) is 0 Å². The quantitative estimate of drug-likeness (QED) is 0.476. The number of carboxylic acid groups (broad SMARTS) is 1. The first-order valence-electron chi connectivity index (χ1n) is 10.9. The Morgan fingerprint density at radius 2 is 2.06 bits per heavy atom. The second kappa shape index (κ2) is 9.28. The van der Waals surface area contributed by atoms with Crippen LogP contribution in [0.3, 0.4) is 0 Å². The maximum atomic E-state index is 12.2. The molecule has 2 aliphatic rings. The van der Waals surface area contributed by atoms with Crippen molar-refractivity contribution in [2.75, 3.05) is 6.61 Å². The van der Waals surface area contributed by atoms with E-state index in [-0.39, 0.29) is 23.9 Å². The summed E-state index contributed by atoms with van der Waals surface area (Å²) in [6.45, 7) is 6.05. The van der Waals surface area contributed by atoms with E-state index in [0.29, 0.717) is 11.7 Å². The van der Waals surface area contributed by atoms with E-state index in [1.165, 1.54) is 6.92 Å². The van der Waals surface area contributed by atoms with Crippen molar-refractivity contribution >= 4 is 17.9 Å². The van der Waals surface area contributed by atoms with E-state index in [1.807, 2.05) is 12.1 Å². The third kappa shape index (κ3) is 4.86. The van der Waals surface area contributed by atoms with Gasteiger partial charge in [0.15, 0.2) is 0 Å². The molecular formula is C24H32O7. The maximum absolute atomic E-state index is 12.2. The average Bonchev–Trinajstić information content (AvgIpc) is 3.22. The minimum atomic E-state index is -1.23. The lowest BCUT2D eigenvalue weighted by atomic mass is 9.47. The number of carbonyl (C=O) groups is 3. The summed E-state index contributed by atoms with van der Waals surface area (Å²) in [5, 5.41) is 8.97. The fraction of sp³-hybridized carbons (Fsp3) is 0.625. The summed E-state index contributed by atoms with van der Waals surface area (Å²) in [6.07, 6.45) is 9.67. The molecule has 170 valence electrons. The fourth-order valence-corrected chi connectivity index (χ4v) is 5.61. The van der Waals surface area contributed by atoms with Gasteiger partial charge in [-0.25, -0.2) is 0 Å². The highest BCUT2D eigenvalue weighted by Gasteiger charge is 2.58. The second-order valence-electron chi connectivity index (χ2n) is 9.26. The van der Waals surface area contributed by atoms with Crippen LogP contribution in [0.15, 0.2) is 34.8 Å². The van der Waals surface area contributed by atoms with Crippen LogP contribution >= 0.6 is 0 Å². The maximum Gasteiger partial charge on any atom is 0.322 e. The van der Waals surface area contributed by atoms with E-state index >= 15 is 0 Å². The van der Waals surface area contributed by atoms with Gasteiger partial charge in [-0.2, -0.15) is 0 Å². The number of esters is 2. The molecule has 7 nitrogen and oxygen atoms in total. The van der Waals surface area contributed by atoms with Crippen molar-refractivity contribution in [1.29, 1.82) is 0 Å². The van der Waals surface area contributed by atoms with Gasteiger partial charge in [-0.05, 0) is 73.5 Å². The molecule has 0 radical (unpaired) electrons. The van der Waals surface area contributed by atoms with Gasteiger partial charge < -0.3 is 19.0 Å². The molecule has 0 bridgehead atoms. The molecule has 1 heterocycles. The van der Waals surface area contributed by atoms with Gasteiger partial charge in [0.2, 0.25) is 0 Å². The molecular weight excluding hydrogens is 400 g/mol. The number of hydrogen-bond acceptors (Lipinski definition) is 6. The van der Waals surface area contributed by atoms with Crippen LogP contribution in [0, 0.1) is 22.7 Å². The third-order valence-electron chi connectivity index (χ3n) is 7.47. The molecule has 1 fully saturated rings. The van der Waals surface area contributed by atoms with E-state index in [1.54, 1.807) is 12.5 Å². The Hall–Kier alpha value is -2.57. The number of carboxylic acids is 1. The Bertz CT molecular complexity index is 840. The number of allylic oxidation sites excluding steroid dienone is 1. The first-order chi connectivity index (χ1) is 14.7. The molecule has 0 saturated heterocycles. The summed E-state index contributed by atoms with van der Waals surface area (Å²) < 4.78 is 16.4. The predicted molar refractivity (Wildman–Crippen MR) is 112 cm³/mol. The van der Waals surface area contributed by atoms with Crippen LogP contribution in [0.4, 0.5) is 0 Å². The Morgan fingerprint density at radius 1 is 1.29 bits per heavy atom. The molecule has 31 heavy (non-hydrogen) atoms. The number of rotatable bonds is 8. The molecule has 2 aliphatic carbocycles. The van der Waals surface area contributed by atoms with Crippen LogP contribution in [0.25, 0.3) is 0 Å². The summed E-state index contributed by atoms with van der Waals surface area (Å²) in [7, 11) is 0. The highest BCUT2D eigenvalue weighted by atomic mass is 16.6. The summed E-state index contributed by atoms with van der Waals surface area (Å²) in [5.74, 6) is -1.36. The highest BCUT2D eigenvalue weighted by Crippen LogP contribution is 2.62. The van der Waals surface area contributed by atoms with Crippen LogP contribution in [-0.4, -0.2) is 29.6 Å². The Labute approximate surface area is 182 Å². The molecule has 4 atom stereocenters. The van der Waals surface area contributed by atoms with Crippen molar-refractivity contribution in [2.24, 2.45) is 22.7 Å². The van der Waals surface area contributed by atoms with E-state index in [9.17, 15) is 14.4 Å². The highest BCUT2D eigenvalue weighted by molar-refractivity contribution is 5.90. The van der Waals surface area contributed by atoms with E-state index in [4.69, 9.17) is 19.0 Å². The fourth-order valence-electron chi connectivity index (χ4n) is 5.61. The molecule has 1 aromatic heterocycles. The minimum absolute atomic E-state index is 0.0750. The van der Waals surface area contributed by atoms with Gasteiger partial charge in [0, 0.05) is 6.92 Å². The van der Waals surface area contributed by atoms with Crippen molar-refractivity contribution in [3.8, 4) is 0 Å². The number of hydrogen-bond donors (Lipinski definition) is 1. The van der Waals surface area contributed by atoms with Gasteiger partial charge in [0.1, 0.15) is 18.8 Å². The molecule has 7 heteroatoms. The summed E-state index contributed by atoms with van der Waals surface area (Å²) >= 11 is 0. The number of carbonyl (C=O) groups excluding carboxylic acids is 2. The zero-order valence-corrected chi connectivity index (χ0v) is 18.5. The first-order valence-corrected chi connectivity index (χ1v) is 10.9. The van der Waals surface area contributed by atoms with E-state index in [2.05, 4.69) is 13.8 Å². The van der Waals surface area contributed by atoms with Crippen LogP contribution in [-0.2, 0) is 30.3 Å². The summed E-state index contributed by atoms with van der Waals surface area (Å²) in [4.78, 5) is 34.9. The normalized spacial score (nSPS) is 30.1. The standard InChI is InChI=1S/C24H32O7/c1-16-7-11-24(15-30-17(2)25)19(23(16,3)10-8-18-9-12-29-14-18)5-4-6-20(24)31-22(28)13-21(26)27/h6,9,12,14,16,19H,4-5,7-8,10-11,13,15H2,1-3H3,(H,26,27). The molecule has 1 saturated carbocycles. The van der Waals surface area contributed by atoms with Crippen LogP contribution in [0.1, 0.15) is 64.9 Å². The third-order valence-corrected chi connectivity index (χ3v) is 7.47. The number of fused-ring (bicyclic) bond motifs is 1. The summed E-state index contributed by atoms with van der Waals surface area (Å²) in [6, 6.07) is 1.98. The Balaban J connectivity index is 1.93. The molecule has 0 amide bonds. The minimum Gasteiger partial charge on any atom is -0.481 e. The molecule has 4 unspecified atom stereocenters. The Kier molecular flexibility index (Phi) is 6.92.